The molecule has 0 unspecified atom stereocenters. The smallest absolute Gasteiger partial charge is 0.151 e. The van der Waals surface area contributed by atoms with E-state index in [0.717, 1.165) is 39.8 Å². The zero-order valence-electron chi connectivity index (χ0n) is 16.6. The van der Waals surface area contributed by atoms with Gasteiger partial charge < -0.3 is 9.64 Å². The number of ether oxygens (including phenoxy) is 1. The zero-order chi connectivity index (χ0) is 20.3. The monoisotopic (exact) mass is 391 g/mol. The Bertz CT molecular complexity index is 1150. The Kier molecular flexibility index (Phi) is 4.66. The fourth-order valence-corrected chi connectivity index (χ4v) is 3.58. The second-order valence-corrected chi connectivity index (χ2v) is 7.08. The summed E-state index contributed by atoms with van der Waals surface area (Å²) in [6.07, 6.45) is 1.87. The predicted octanol–water partition coefficient (Wildman–Crippen LogP) is 6.73. The zero-order valence-corrected chi connectivity index (χ0v) is 16.6. The highest BCUT2D eigenvalue weighted by molar-refractivity contribution is 5.86. The molecule has 0 radical (unpaired) electrons. The van der Waals surface area contributed by atoms with E-state index in [0.29, 0.717) is 0 Å². The number of hydrogen-bond donors (Lipinski definition) is 0. The van der Waals surface area contributed by atoms with Gasteiger partial charge in [0.25, 0.3) is 0 Å². The maximum absolute atomic E-state index is 6.15. The molecule has 0 N–H and O–H groups in total. The van der Waals surface area contributed by atoms with E-state index in [1.54, 1.807) is 0 Å². The minimum absolute atomic E-state index is 0.825. The highest BCUT2D eigenvalue weighted by Crippen LogP contribution is 2.45. The van der Waals surface area contributed by atoms with Gasteiger partial charge in [-0.25, -0.2) is 5.01 Å². The molecule has 5 rings (SSSR count). The van der Waals surface area contributed by atoms with Gasteiger partial charge in [0.15, 0.2) is 11.5 Å². The summed E-state index contributed by atoms with van der Waals surface area (Å²) in [6, 6.07) is 34.5. The maximum atomic E-state index is 6.15. The summed E-state index contributed by atoms with van der Waals surface area (Å²) in [4.78, 5) is 2.15. The van der Waals surface area contributed by atoms with E-state index in [9.17, 15) is 0 Å². The summed E-state index contributed by atoms with van der Waals surface area (Å²) in [5.41, 5.74) is 5.07. The molecule has 146 valence electrons. The van der Waals surface area contributed by atoms with Crippen molar-refractivity contribution in [3.05, 3.63) is 109 Å². The first-order chi connectivity index (χ1) is 14.8. The van der Waals surface area contributed by atoms with Crippen molar-refractivity contribution in [2.45, 2.75) is 0 Å². The molecule has 0 saturated heterocycles. The largest absolute Gasteiger partial charge is 0.453 e. The molecule has 0 spiro atoms. The molecule has 0 saturated carbocycles. The predicted molar refractivity (Wildman–Crippen MR) is 124 cm³/mol. The van der Waals surface area contributed by atoms with Gasteiger partial charge in [-0.3, -0.25) is 0 Å². The number of rotatable bonds is 4. The number of hydrazone groups is 1. The summed E-state index contributed by atoms with van der Waals surface area (Å²) in [5.74, 6) is 1.68. The number of benzene rings is 4. The van der Waals surface area contributed by atoms with Gasteiger partial charge in [-0.15, -0.1) is 0 Å². The van der Waals surface area contributed by atoms with Crippen LogP contribution in [0.25, 0.3) is 0 Å². The lowest BCUT2D eigenvalue weighted by atomic mass is 10.1. The van der Waals surface area contributed by atoms with Crippen LogP contribution in [0.4, 0.5) is 22.7 Å². The lowest BCUT2D eigenvalue weighted by Gasteiger charge is -2.29. The van der Waals surface area contributed by atoms with Crippen LogP contribution in [0.3, 0.4) is 0 Å². The van der Waals surface area contributed by atoms with Crippen LogP contribution in [0.15, 0.2) is 108 Å². The number of hydrogen-bond acceptors (Lipinski definition) is 4. The Morgan fingerprint density at radius 3 is 2.00 bits per heavy atom. The number of fused-ring (bicyclic) bond motifs is 2. The molecule has 0 aliphatic carbocycles. The summed E-state index contributed by atoms with van der Waals surface area (Å²) in [6.45, 7) is 0. The normalized spacial score (nSPS) is 12.2. The van der Waals surface area contributed by atoms with Gasteiger partial charge in [0, 0.05) is 7.05 Å². The third kappa shape index (κ3) is 3.40. The van der Waals surface area contributed by atoms with Gasteiger partial charge in [0.05, 0.1) is 29.0 Å². The van der Waals surface area contributed by atoms with Crippen LogP contribution in [0, 0.1) is 0 Å². The Balaban J connectivity index is 1.48. The molecule has 4 aromatic rings. The van der Waals surface area contributed by atoms with Gasteiger partial charge in [-0.1, -0.05) is 54.6 Å². The van der Waals surface area contributed by atoms with E-state index in [2.05, 4.69) is 30.1 Å². The van der Waals surface area contributed by atoms with E-state index in [4.69, 9.17) is 9.84 Å². The lowest BCUT2D eigenvalue weighted by molar-refractivity contribution is 0.475. The van der Waals surface area contributed by atoms with Crippen molar-refractivity contribution in [2.24, 2.45) is 5.10 Å². The van der Waals surface area contributed by atoms with Crippen molar-refractivity contribution in [1.82, 2.24) is 0 Å². The lowest BCUT2D eigenvalue weighted by Crippen LogP contribution is -2.15. The molecule has 0 atom stereocenters. The SMILES string of the molecule is CN1c2ccccc2Oc2cc(C=NN(c3ccccc3)c3ccccc3)ccc21. The fraction of sp³-hybridized carbons (Fsp3) is 0.0385. The maximum Gasteiger partial charge on any atom is 0.151 e. The first-order valence-corrected chi connectivity index (χ1v) is 9.88. The van der Waals surface area contributed by atoms with Crippen molar-refractivity contribution in [1.29, 1.82) is 0 Å². The second kappa shape index (κ2) is 7.76. The Morgan fingerprint density at radius 1 is 0.700 bits per heavy atom. The quantitative estimate of drug-likeness (QED) is 0.285. The molecular weight excluding hydrogens is 370 g/mol. The van der Waals surface area contributed by atoms with Gasteiger partial charge >= 0.3 is 0 Å². The van der Waals surface area contributed by atoms with E-state index < -0.39 is 0 Å². The van der Waals surface area contributed by atoms with Gasteiger partial charge in [0.1, 0.15) is 0 Å². The van der Waals surface area contributed by atoms with Crippen LogP contribution in [0.5, 0.6) is 11.5 Å². The van der Waals surface area contributed by atoms with Gasteiger partial charge in [0.2, 0.25) is 0 Å². The molecule has 30 heavy (non-hydrogen) atoms. The molecule has 1 aliphatic heterocycles. The molecule has 4 heteroatoms. The summed E-state index contributed by atoms with van der Waals surface area (Å²) in [7, 11) is 2.06. The van der Waals surface area contributed by atoms with Gasteiger partial charge in [-0.05, 0) is 54.1 Å². The Morgan fingerprint density at radius 2 is 1.30 bits per heavy atom. The van der Waals surface area contributed by atoms with Crippen molar-refractivity contribution < 1.29 is 4.74 Å². The van der Waals surface area contributed by atoms with Crippen LogP contribution < -0.4 is 14.6 Å². The number of anilines is 4. The minimum atomic E-state index is 0.825. The Hall–Kier alpha value is -4.05. The molecule has 4 aromatic carbocycles. The standard InChI is InChI=1S/C26H21N3O/c1-28-23-14-8-9-15-25(23)30-26-18-20(16-17-24(26)28)19-27-29(21-10-4-2-5-11-21)22-12-6-3-7-13-22/h2-19H,1H3. The molecular formula is C26H21N3O. The highest BCUT2D eigenvalue weighted by Gasteiger charge is 2.21. The van der Waals surface area contributed by atoms with E-state index in [1.807, 2.05) is 96.2 Å². The highest BCUT2D eigenvalue weighted by atomic mass is 16.5. The first-order valence-electron chi connectivity index (χ1n) is 9.88. The third-order valence-electron chi connectivity index (χ3n) is 5.12. The van der Waals surface area contributed by atoms with Crippen LogP contribution in [0.1, 0.15) is 5.56 Å². The average molecular weight is 391 g/mol. The van der Waals surface area contributed by atoms with Crippen LogP contribution >= 0.6 is 0 Å². The number of para-hydroxylation sites is 4. The van der Waals surface area contributed by atoms with E-state index >= 15 is 0 Å². The van der Waals surface area contributed by atoms with Crippen molar-refractivity contribution >= 4 is 29.0 Å². The molecule has 0 amide bonds. The van der Waals surface area contributed by atoms with E-state index in [-0.39, 0.29) is 0 Å². The molecule has 1 aliphatic rings. The first kappa shape index (κ1) is 18.0. The van der Waals surface area contributed by atoms with E-state index in [1.165, 1.54) is 0 Å². The van der Waals surface area contributed by atoms with Gasteiger partial charge in [-0.2, -0.15) is 5.10 Å². The van der Waals surface area contributed by atoms with Crippen LogP contribution in [-0.4, -0.2) is 13.3 Å². The van der Waals surface area contributed by atoms with Crippen molar-refractivity contribution in [2.75, 3.05) is 17.0 Å². The van der Waals surface area contributed by atoms with Crippen LogP contribution in [0.2, 0.25) is 0 Å². The molecule has 0 aromatic heterocycles. The van der Waals surface area contributed by atoms with Crippen molar-refractivity contribution in [3.63, 3.8) is 0 Å². The number of nitrogens with zero attached hydrogens (tertiary/aromatic N) is 3. The van der Waals surface area contributed by atoms with Crippen molar-refractivity contribution in [3.8, 4) is 11.5 Å². The summed E-state index contributed by atoms with van der Waals surface area (Å²) >= 11 is 0. The fourth-order valence-electron chi connectivity index (χ4n) is 3.58. The average Bonchev–Trinajstić information content (AvgIpc) is 2.81. The minimum Gasteiger partial charge on any atom is -0.453 e. The topological polar surface area (TPSA) is 28.1 Å². The summed E-state index contributed by atoms with van der Waals surface area (Å²) < 4.78 is 6.15. The molecule has 1 heterocycles. The Labute approximate surface area is 176 Å². The third-order valence-corrected chi connectivity index (χ3v) is 5.12. The molecule has 0 fully saturated rings. The molecule has 4 nitrogen and oxygen atoms in total. The second-order valence-electron chi connectivity index (χ2n) is 7.08. The summed E-state index contributed by atoms with van der Waals surface area (Å²) in [5, 5.41) is 6.72. The molecule has 0 bridgehead atoms. The van der Waals surface area contributed by atoms with Crippen LogP contribution in [-0.2, 0) is 0 Å².